The molecule has 0 saturated heterocycles. The van der Waals surface area contributed by atoms with Crippen LogP contribution in [-0.4, -0.2) is 4.57 Å². The lowest BCUT2D eigenvalue weighted by atomic mass is 10.2. The maximum Gasteiger partial charge on any atom is 0.0504 e. The number of aromatic nitrogens is 1. The summed E-state index contributed by atoms with van der Waals surface area (Å²) in [6.07, 6.45) is 2.08. The van der Waals surface area contributed by atoms with Crippen molar-refractivity contribution in [3.8, 4) is 0 Å². The lowest BCUT2D eigenvalue weighted by Gasteiger charge is -2.08. The van der Waals surface area contributed by atoms with Gasteiger partial charge in [0, 0.05) is 28.3 Å². The number of halogens is 1. The molecule has 0 radical (unpaired) electrons. The smallest absolute Gasteiger partial charge is 0.0504 e. The minimum atomic E-state index is 0.832. The van der Waals surface area contributed by atoms with Gasteiger partial charge in [-0.1, -0.05) is 40.2 Å². The molecule has 0 aliphatic rings. The van der Waals surface area contributed by atoms with Gasteiger partial charge >= 0.3 is 0 Å². The SMILES string of the molecule is Nc1cccc2c1ccn2Cc1ccccc1Br. The molecule has 2 N–H and O–H groups in total. The normalized spacial score (nSPS) is 10.9. The van der Waals surface area contributed by atoms with Crippen LogP contribution >= 0.6 is 15.9 Å². The number of benzene rings is 2. The molecule has 0 unspecified atom stereocenters. The van der Waals surface area contributed by atoms with Crippen LogP contribution < -0.4 is 5.73 Å². The molecule has 90 valence electrons. The molecule has 3 heteroatoms. The van der Waals surface area contributed by atoms with Crippen LogP contribution in [0.3, 0.4) is 0 Å². The van der Waals surface area contributed by atoms with Crippen molar-refractivity contribution in [1.82, 2.24) is 4.57 Å². The third-order valence-corrected chi connectivity index (χ3v) is 3.92. The number of hydrogen-bond donors (Lipinski definition) is 1. The number of nitrogens with two attached hydrogens (primary N) is 1. The fraction of sp³-hybridized carbons (Fsp3) is 0.0667. The van der Waals surface area contributed by atoms with E-state index in [0.717, 1.165) is 22.1 Å². The zero-order chi connectivity index (χ0) is 12.5. The van der Waals surface area contributed by atoms with Gasteiger partial charge in [-0.25, -0.2) is 0 Å². The summed E-state index contributed by atoms with van der Waals surface area (Å²) in [5.74, 6) is 0. The Morgan fingerprint density at radius 3 is 2.67 bits per heavy atom. The van der Waals surface area contributed by atoms with E-state index in [0.29, 0.717) is 0 Å². The van der Waals surface area contributed by atoms with Crippen molar-refractivity contribution in [3.63, 3.8) is 0 Å². The zero-order valence-electron chi connectivity index (χ0n) is 9.81. The number of rotatable bonds is 2. The number of nitrogens with zero attached hydrogens (tertiary/aromatic N) is 1. The van der Waals surface area contributed by atoms with Crippen molar-refractivity contribution in [2.45, 2.75) is 6.54 Å². The molecule has 0 aliphatic carbocycles. The fourth-order valence-electron chi connectivity index (χ4n) is 2.20. The predicted octanol–water partition coefficient (Wildman–Crippen LogP) is 4.03. The van der Waals surface area contributed by atoms with Gasteiger partial charge in [-0.2, -0.15) is 0 Å². The van der Waals surface area contributed by atoms with E-state index in [1.165, 1.54) is 11.1 Å². The van der Waals surface area contributed by atoms with Crippen LogP contribution in [0.5, 0.6) is 0 Å². The molecular formula is C15H13BrN2. The molecule has 2 nitrogen and oxygen atoms in total. The van der Waals surface area contributed by atoms with Crippen LogP contribution in [0.4, 0.5) is 5.69 Å². The molecule has 18 heavy (non-hydrogen) atoms. The molecule has 1 aromatic heterocycles. The molecule has 1 heterocycles. The van der Waals surface area contributed by atoms with Crippen LogP contribution in [0.2, 0.25) is 0 Å². The van der Waals surface area contributed by atoms with E-state index in [2.05, 4.69) is 57.0 Å². The Labute approximate surface area is 114 Å². The highest BCUT2D eigenvalue weighted by Crippen LogP contribution is 2.24. The molecule has 0 aliphatic heterocycles. The van der Waals surface area contributed by atoms with E-state index in [1.54, 1.807) is 0 Å². The van der Waals surface area contributed by atoms with Crippen LogP contribution in [0, 0.1) is 0 Å². The fourth-order valence-corrected chi connectivity index (χ4v) is 2.61. The lowest BCUT2D eigenvalue weighted by molar-refractivity contribution is 0.833. The summed E-state index contributed by atoms with van der Waals surface area (Å²) in [7, 11) is 0. The van der Waals surface area contributed by atoms with Gasteiger partial charge in [-0.05, 0) is 29.8 Å². The highest BCUT2D eigenvalue weighted by molar-refractivity contribution is 9.10. The van der Waals surface area contributed by atoms with E-state index >= 15 is 0 Å². The quantitative estimate of drug-likeness (QED) is 0.712. The Balaban J connectivity index is 2.06. The predicted molar refractivity (Wildman–Crippen MR) is 79.6 cm³/mol. The number of anilines is 1. The second-order valence-electron chi connectivity index (χ2n) is 4.32. The number of nitrogen functional groups attached to an aromatic ring is 1. The number of hydrogen-bond acceptors (Lipinski definition) is 1. The first kappa shape index (κ1) is 11.4. The average molecular weight is 301 g/mol. The summed E-state index contributed by atoms with van der Waals surface area (Å²) in [6, 6.07) is 16.4. The van der Waals surface area contributed by atoms with Crippen molar-refractivity contribution < 1.29 is 0 Å². The summed E-state index contributed by atoms with van der Waals surface area (Å²) in [5, 5.41) is 1.12. The Morgan fingerprint density at radius 1 is 1.00 bits per heavy atom. The van der Waals surface area contributed by atoms with Crippen LogP contribution in [0.1, 0.15) is 5.56 Å². The molecule has 3 aromatic rings. The molecule has 0 fully saturated rings. The molecule has 0 spiro atoms. The first-order valence-corrected chi connectivity index (χ1v) is 6.62. The molecular weight excluding hydrogens is 288 g/mol. The topological polar surface area (TPSA) is 30.9 Å². The molecule has 3 rings (SSSR count). The van der Waals surface area contributed by atoms with Crippen LogP contribution in [-0.2, 0) is 6.54 Å². The van der Waals surface area contributed by atoms with Crippen molar-refractivity contribution in [3.05, 3.63) is 64.8 Å². The Morgan fingerprint density at radius 2 is 1.83 bits per heavy atom. The van der Waals surface area contributed by atoms with Crippen LogP contribution in [0.15, 0.2) is 59.2 Å². The van der Waals surface area contributed by atoms with Gasteiger partial charge in [0.15, 0.2) is 0 Å². The van der Waals surface area contributed by atoms with Gasteiger partial charge in [0.2, 0.25) is 0 Å². The van der Waals surface area contributed by atoms with Crippen molar-refractivity contribution in [1.29, 1.82) is 0 Å². The van der Waals surface area contributed by atoms with Crippen LogP contribution in [0.25, 0.3) is 10.9 Å². The summed E-state index contributed by atoms with van der Waals surface area (Å²) in [6.45, 7) is 0.842. The van der Waals surface area contributed by atoms with E-state index in [9.17, 15) is 0 Å². The van der Waals surface area contributed by atoms with Gasteiger partial charge in [0.25, 0.3) is 0 Å². The Kier molecular flexibility index (Phi) is 2.84. The average Bonchev–Trinajstić information content (AvgIpc) is 2.77. The standard InChI is InChI=1S/C15H13BrN2/c16-13-5-2-1-4-11(13)10-18-9-8-12-14(17)6-3-7-15(12)18/h1-9H,10,17H2. The third-order valence-electron chi connectivity index (χ3n) is 3.15. The largest absolute Gasteiger partial charge is 0.398 e. The van der Waals surface area contributed by atoms with Crippen molar-refractivity contribution in [2.24, 2.45) is 0 Å². The lowest BCUT2D eigenvalue weighted by Crippen LogP contribution is -1.98. The molecule has 0 bridgehead atoms. The summed E-state index contributed by atoms with van der Waals surface area (Å²) < 4.78 is 3.35. The first-order valence-electron chi connectivity index (χ1n) is 5.82. The monoisotopic (exact) mass is 300 g/mol. The van der Waals surface area contributed by atoms with Crippen molar-refractivity contribution in [2.75, 3.05) is 5.73 Å². The van der Waals surface area contributed by atoms with E-state index < -0.39 is 0 Å². The van der Waals surface area contributed by atoms with Gasteiger partial charge in [-0.3, -0.25) is 0 Å². The highest BCUT2D eigenvalue weighted by Gasteiger charge is 2.05. The second kappa shape index (κ2) is 4.50. The Bertz CT molecular complexity index is 701. The molecule has 0 atom stereocenters. The zero-order valence-corrected chi connectivity index (χ0v) is 11.4. The van der Waals surface area contributed by atoms with Gasteiger partial charge < -0.3 is 10.3 Å². The summed E-state index contributed by atoms with van der Waals surface area (Å²) >= 11 is 3.58. The first-order chi connectivity index (χ1) is 8.75. The third kappa shape index (κ3) is 1.91. The van der Waals surface area contributed by atoms with Crippen molar-refractivity contribution >= 4 is 32.5 Å². The molecule has 0 saturated carbocycles. The molecule has 2 aromatic carbocycles. The maximum atomic E-state index is 5.97. The van der Waals surface area contributed by atoms with E-state index in [4.69, 9.17) is 5.73 Å². The summed E-state index contributed by atoms with van der Waals surface area (Å²) in [5.41, 5.74) is 9.24. The van der Waals surface area contributed by atoms with Gasteiger partial charge in [-0.15, -0.1) is 0 Å². The minimum absolute atomic E-state index is 0.832. The highest BCUT2D eigenvalue weighted by atomic mass is 79.9. The number of fused-ring (bicyclic) bond motifs is 1. The minimum Gasteiger partial charge on any atom is -0.398 e. The molecule has 0 amide bonds. The van der Waals surface area contributed by atoms with Gasteiger partial charge in [0.05, 0.1) is 5.52 Å². The maximum absolute atomic E-state index is 5.97. The van der Waals surface area contributed by atoms with E-state index in [1.807, 2.05) is 18.2 Å². The van der Waals surface area contributed by atoms with E-state index in [-0.39, 0.29) is 0 Å². The van der Waals surface area contributed by atoms with Gasteiger partial charge in [0.1, 0.15) is 0 Å². The summed E-state index contributed by atoms with van der Waals surface area (Å²) in [4.78, 5) is 0. The Hall–Kier alpha value is -1.74. The second-order valence-corrected chi connectivity index (χ2v) is 5.17.